The van der Waals surface area contributed by atoms with Gasteiger partial charge in [0.05, 0.1) is 37.7 Å². The molecular weight excluding hydrogens is 355 g/mol. The van der Waals surface area contributed by atoms with Crippen molar-refractivity contribution in [3.05, 3.63) is 45.2 Å². The molecule has 0 atom stereocenters. The number of nitrogens with one attached hydrogen (secondary N) is 1. The SMILES string of the molecule is O=C(Nc1c(Cl)cc(Cl)c2c1N=S=N2)c1cnccc1Cl. The molecule has 21 heavy (non-hydrogen) atoms. The summed E-state index contributed by atoms with van der Waals surface area (Å²) in [4.78, 5) is 16.1. The molecule has 1 aliphatic heterocycles. The van der Waals surface area contributed by atoms with Gasteiger partial charge in [0.25, 0.3) is 5.91 Å². The van der Waals surface area contributed by atoms with E-state index in [0.29, 0.717) is 27.1 Å². The minimum atomic E-state index is -0.438. The minimum absolute atomic E-state index is 0.238. The Morgan fingerprint density at radius 1 is 1.10 bits per heavy atom. The smallest absolute Gasteiger partial charge is 0.258 e. The van der Waals surface area contributed by atoms with Gasteiger partial charge in [-0.25, -0.2) is 0 Å². The third kappa shape index (κ3) is 2.67. The van der Waals surface area contributed by atoms with Gasteiger partial charge in [-0.15, -0.1) is 0 Å². The van der Waals surface area contributed by atoms with E-state index in [9.17, 15) is 4.79 Å². The summed E-state index contributed by atoms with van der Waals surface area (Å²) in [5, 5.41) is 3.61. The maximum Gasteiger partial charge on any atom is 0.258 e. The van der Waals surface area contributed by atoms with E-state index in [2.05, 4.69) is 19.0 Å². The summed E-state index contributed by atoms with van der Waals surface area (Å²) in [6.07, 6.45) is 2.87. The number of fused-ring (bicyclic) bond motifs is 1. The van der Waals surface area contributed by atoms with Crippen molar-refractivity contribution >= 4 is 69.1 Å². The van der Waals surface area contributed by atoms with E-state index >= 15 is 0 Å². The fraction of sp³-hybridized carbons (Fsp3) is 0. The Hall–Kier alpha value is -1.47. The van der Waals surface area contributed by atoms with Gasteiger partial charge in [-0.05, 0) is 12.1 Å². The van der Waals surface area contributed by atoms with Crippen LogP contribution in [0.3, 0.4) is 0 Å². The standard InChI is InChI=1S/C12H5Cl3N4OS/c13-6-1-2-16-4-5(6)12(20)17-9-7(14)3-8(15)10-11(9)19-21-18-10/h1-4H,(H,17,20). The number of rotatable bonds is 2. The lowest BCUT2D eigenvalue weighted by molar-refractivity contribution is 0.102. The fourth-order valence-electron chi connectivity index (χ4n) is 1.72. The van der Waals surface area contributed by atoms with Crippen molar-refractivity contribution in [2.24, 2.45) is 8.73 Å². The summed E-state index contributed by atoms with van der Waals surface area (Å²) in [7, 11) is 0. The van der Waals surface area contributed by atoms with E-state index < -0.39 is 5.91 Å². The second kappa shape index (κ2) is 5.73. The number of carbonyl (C=O) groups excluding carboxylic acids is 1. The van der Waals surface area contributed by atoms with Crippen molar-refractivity contribution in [1.29, 1.82) is 0 Å². The maximum atomic E-state index is 12.3. The fourth-order valence-corrected chi connectivity index (χ4v) is 3.07. The number of hydrogen-bond acceptors (Lipinski definition) is 4. The summed E-state index contributed by atoms with van der Waals surface area (Å²) >= 11 is 19.1. The summed E-state index contributed by atoms with van der Waals surface area (Å²) in [6, 6.07) is 3.03. The maximum absolute atomic E-state index is 12.3. The Morgan fingerprint density at radius 3 is 2.62 bits per heavy atom. The first-order valence-electron chi connectivity index (χ1n) is 5.59. The number of pyridine rings is 1. The highest BCUT2D eigenvalue weighted by atomic mass is 35.5. The van der Waals surface area contributed by atoms with Crippen molar-refractivity contribution in [3.8, 4) is 0 Å². The van der Waals surface area contributed by atoms with E-state index in [1.807, 2.05) is 0 Å². The van der Waals surface area contributed by atoms with Crippen molar-refractivity contribution in [1.82, 2.24) is 4.98 Å². The van der Waals surface area contributed by atoms with Crippen LogP contribution in [0.4, 0.5) is 17.1 Å². The van der Waals surface area contributed by atoms with Crippen LogP contribution in [-0.2, 0) is 11.4 Å². The predicted molar refractivity (Wildman–Crippen MR) is 85.2 cm³/mol. The Balaban J connectivity index is 2.01. The van der Waals surface area contributed by atoms with Gasteiger partial charge in [0.15, 0.2) is 0 Å². The Morgan fingerprint density at radius 2 is 1.86 bits per heavy atom. The normalized spacial score (nSPS) is 12.0. The lowest BCUT2D eigenvalue weighted by atomic mass is 10.2. The van der Waals surface area contributed by atoms with Gasteiger partial charge >= 0.3 is 0 Å². The Labute approximate surface area is 138 Å². The first kappa shape index (κ1) is 14.5. The quantitative estimate of drug-likeness (QED) is 0.698. The van der Waals surface area contributed by atoms with E-state index in [4.69, 9.17) is 34.8 Å². The van der Waals surface area contributed by atoms with Crippen LogP contribution in [0.25, 0.3) is 0 Å². The minimum Gasteiger partial charge on any atom is -0.319 e. The van der Waals surface area contributed by atoms with Crippen LogP contribution >= 0.6 is 34.8 Å². The molecule has 0 saturated heterocycles. The zero-order valence-electron chi connectivity index (χ0n) is 10.1. The lowest BCUT2D eigenvalue weighted by Gasteiger charge is -2.11. The zero-order valence-corrected chi connectivity index (χ0v) is 13.2. The van der Waals surface area contributed by atoms with Gasteiger partial charge in [-0.1, -0.05) is 34.8 Å². The molecule has 2 aromatic rings. The Kier molecular flexibility index (Phi) is 3.95. The van der Waals surface area contributed by atoms with E-state index in [-0.39, 0.29) is 10.6 Å². The van der Waals surface area contributed by atoms with Gasteiger partial charge in [0.1, 0.15) is 11.4 Å². The summed E-state index contributed by atoms with van der Waals surface area (Å²) < 4.78 is 8.18. The third-order valence-electron chi connectivity index (χ3n) is 2.69. The van der Waals surface area contributed by atoms with Crippen LogP contribution in [0.5, 0.6) is 0 Å². The number of carbonyl (C=O) groups is 1. The highest BCUT2D eigenvalue weighted by Gasteiger charge is 2.21. The first-order valence-corrected chi connectivity index (χ1v) is 7.45. The van der Waals surface area contributed by atoms with Crippen LogP contribution in [0, 0.1) is 0 Å². The predicted octanol–water partition coefficient (Wildman–Crippen LogP) is 5.02. The molecule has 9 heteroatoms. The number of anilines is 1. The molecule has 0 radical (unpaired) electrons. The van der Waals surface area contributed by atoms with Crippen molar-refractivity contribution in [2.75, 3.05) is 5.32 Å². The molecule has 2 heterocycles. The number of halogens is 3. The third-order valence-corrected chi connectivity index (χ3v) is 4.14. The number of aromatic nitrogens is 1. The highest BCUT2D eigenvalue weighted by Crippen LogP contribution is 2.47. The topological polar surface area (TPSA) is 66.7 Å². The monoisotopic (exact) mass is 358 g/mol. The molecule has 5 nitrogen and oxygen atoms in total. The number of benzene rings is 1. The molecule has 0 unspecified atom stereocenters. The second-order valence-corrected chi connectivity index (χ2v) is 5.74. The summed E-state index contributed by atoms with van der Waals surface area (Å²) in [6.45, 7) is 0. The van der Waals surface area contributed by atoms with Crippen LogP contribution in [0.15, 0.2) is 33.3 Å². The van der Waals surface area contributed by atoms with Gasteiger partial charge in [0, 0.05) is 12.4 Å². The van der Waals surface area contributed by atoms with Crippen molar-refractivity contribution in [3.63, 3.8) is 0 Å². The average Bonchev–Trinajstić information content (AvgIpc) is 2.93. The Bertz CT molecular complexity index is 833. The van der Waals surface area contributed by atoms with E-state index in [1.54, 1.807) is 0 Å². The molecule has 3 rings (SSSR count). The number of amides is 1. The van der Waals surface area contributed by atoms with E-state index in [0.717, 1.165) is 11.4 Å². The van der Waals surface area contributed by atoms with Crippen molar-refractivity contribution < 1.29 is 4.79 Å². The van der Waals surface area contributed by atoms with Crippen LogP contribution in [0.2, 0.25) is 15.1 Å². The van der Waals surface area contributed by atoms with Gasteiger partial charge in [-0.3, -0.25) is 9.78 Å². The molecule has 1 aromatic carbocycles. The molecule has 0 spiro atoms. The van der Waals surface area contributed by atoms with Gasteiger partial charge in [-0.2, -0.15) is 8.73 Å². The lowest BCUT2D eigenvalue weighted by Crippen LogP contribution is -2.13. The first-order chi connectivity index (χ1) is 10.1. The molecule has 1 amide bonds. The molecule has 1 aliphatic rings. The molecule has 0 aliphatic carbocycles. The van der Waals surface area contributed by atoms with E-state index in [1.165, 1.54) is 24.5 Å². The molecule has 106 valence electrons. The molecular formula is C12H5Cl3N4OS. The number of hydrogen-bond donors (Lipinski definition) is 1. The average molecular weight is 360 g/mol. The van der Waals surface area contributed by atoms with Gasteiger partial charge in [0.2, 0.25) is 0 Å². The van der Waals surface area contributed by atoms with Crippen LogP contribution in [0.1, 0.15) is 10.4 Å². The summed E-state index contributed by atoms with van der Waals surface area (Å²) in [5.41, 5.74) is 1.50. The molecule has 0 bridgehead atoms. The van der Waals surface area contributed by atoms with Gasteiger partial charge < -0.3 is 5.32 Å². The molecule has 0 saturated carbocycles. The van der Waals surface area contributed by atoms with Crippen LogP contribution in [-0.4, -0.2) is 10.9 Å². The van der Waals surface area contributed by atoms with Crippen LogP contribution < -0.4 is 5.32 Å². The summed E-state index contributed by atoms with van der Waals surface area (Å²) in [5.74, 6) is -0.438. The molecule has 0 fully saturated rings. The van der Waals surface area contributed by atoms with Crippen molar-refractivity contribution in [2.45, 2.75) is 0 Å². The molecule has 1 aromatic heterocycles. The zero-order chi connectivity index (χ0) is 15.0. The second-order valence-electron chi connectivity index (χ2n) is 3.99. The largest absolute Gasteiger partial charge is 0.319 e. The molecule has 1 N–H and O–H groups in total. The highest BCUT2D eigenvalue weighted by molar-refractivity contribution is 7.58. The number of nitrogens with zero attached hydrogens (tertiary/aromatic N) is 3.